The fourth-order valence-corrected chi connectivity index (χ4v) is 4.74. The molecule has 8 heteroatoms. The van der Waals surface area contributed by atoms with Crippen LogP contribution in [0.4, 0.5) is 24.5 Å². The monoisotopic (exact) mass is 466 g/mol. The molecule has 2 heterocycles. The van der Waals surface area contributed by atoms with Crippen LogP contribution in [0.2, 0.25) is 0 Å². The molecule has 2 saturated heterocycles. The molecule has 3 atom stereocenters. The van der Waals surface area contributed by atoms with Gasteiger partial charge >= 0.3 is 6.18 Å². The van der Waals surface area contributed by atoms with Crippen molar-refractivity contribution in [1.82, 2.24) is 0 Å². The highest BCUT2D eigenvalue weighted by Crippen LogP contribution is 2.48. The van der Waals surface area contributed by atoms with E-state index in [9.17, 15) is 22.8 Å². The standard InChI is InChI=1S/C26H21F3N2O3/c1-15-11-12-20(16(2)13-15)30-24(32)21-22(17-7-6-8-18(14-17)26(27,28)29)31(34-23(21)25(30)33)19-9-4-3-5-10-19/h3-14,21-23H,1-2H3/t21-,22-,23-/m0/s1. The number of hydrogen-bond acceptors (Lipinski definition) is 4. The van der Waals surface area contributed by atoms with Crippen molar-refractivity contribution in [2.45, 2.75) is 32.2 Å². The van der Waals surface area contributed by atoms with Gasteiger partial charge in [0.25, 0.3) is 5.91 Å². The van der Waals surface area contributed by atoms with Gasteiger partial charge in [0.2, 0.25) is 5.91 Å². The molecular formula is C26H21F3N2O3. The average molecular weight is 466 g/mol. The van der Waals surface area contributed by atoms with Gasteiger partial charge in [-0.2, -0.15) is 13.2 Å². The topological polar surface area (TPSA) is 49.9 Å². The highest BCUT2D eigenvalue weighted by atomic mass is 19.4. The first-order chi connectivity index (χ1) is 16.2. The van der Waals surface area contributed by atoms with Crippen molar-refractivity contribution >= 4 is 23.2 Å². The number of carbonyl (C=O) groups excluding carboxylic acids is 2. The first-order valence-electron chi connectivity index (χ1n) is 10.8. The molecule has 2 aliphatic heterocycles. The second-order valence-electron chi connectivity index (χ2n) is 8.58. The van der Waals surface area contributed by atoms with Gasteiger partial charge in [-0.25, -0.2) is 9.96 Å². The molecule has 0 aliphatic carbocycles. The lowest BCUT2D eigenvalue weighted by Gasteiger charge is -2.29. The number of carbonyl (C=O) groups is 2. The molecule has 0 spiro atoms. The van der Waals surface area contributed by atoms with Gasteiger partial charge in [0.15, 0.2) is 6.10 Å². The largest absolute Gasteiger partial charge is 0.416 e. The van der Waals surface area contributed by atoms with Crippen molar-refractivity contribution in [1.29, 1.82) is 0 Å². The Kier molecular flexibility index (Phi) is 5.20. The van der Waals surface area contributed by atoms with Crippen LogP contribution in [0.15, 0.2) is 72.8 Å². The predicted octanol–water partition coefficient (Wildman–Crippen LogP) is 5.37. The number of para-hydroxylation sites is 1. The Hall–Kier alpha value is -3.65. The molecular weight excluding hydrogens is 445 g/mol. The minimum absolute atomic E-state index is 0.245. The second kappa shape index (κ2) is 7.99. The molecule has 0 saturated carbocycles. The van der Waals surface area contributed by atoms with E-state index in [2.05, 4.69) is 0 Å². The van der Waals surface area contributed by atoms with Gasteiger partial charge in [0.05, 0.1) is 23.0 Å². The summed E-state index contributed by atoms with van der Waals surface area (Å²) in [6.07, 6.45) is -5.69. The number of benzene rings is 3. The van der Waals surface area contributed by atoms with E-state index < -0.39 is 41.6 Å². The van der Waals surface area contributed by atoms with Crippen molar-refractivity contribution < 1.29 is 27.6 Å². The molecule has 5 rings (SSSR count). The van der Waals surface area contributed by atoms with Gasteiger partial charge in [-0.05, 0) is 55.3 Å². The molecule has 2 aliphatic rings. The van der Waals surface area contributed by atoms with Gasteiger partial charge in [-0.15, -0.1) is 0 Å². The number of anilines is 2. The number of hydroxylamine groups is 1. The molecule has 0 aromatic heterocycles. The van der Waals surface area contributed by atoms with Gasteiger partial charge < -0.3 is 0 Å². The summed E-state index contributed by atoms with van der Waals surface area (Å²) in [4.78, 5) is 34.1. The molecule has 174 valence electrons. The summed E-state index contributed by atoms with van der Waals surface area (Å²) in [5.41, 5.74) is 2.14. The van der Waals surface area contributed by atoms with Crippen LogP contribution in [0.1, 0.15) is 28.3 Å². The van der Waals surface area contributed by atoms with Crippen LogP contribution in [0, 0.1) is 19.8 Å². The number of rotatable bonds is 3. The highest BCUT2D eigenvalue weighted by molar-refractivity contribution is 6.24. The summed E-state index contributed by atoms with van der Waals surface area (Å²) < 4.78 is 40.4. The predicted molar refractivity (Wildman–Crippen MR) is 120 cm³/mol. The fourth-order valence-electron chi connectivity index (χ4n) is 4.74. The summed E-state index contributed by atoms with van der Waals surface area (Å²) >= 11 is 0. The number of halogens is 3. The van der Waals surface area contributed by atoms with E-state index in [0.29, 0.717) is 11.4 Å². The fraction of sp³-hybridized carbons (Fsp3) is 0.231. The molecule has 0 radical (unpaired) electrons. The second-order valence-corrected chi connectivity index (χ2v) is 8.58. The third-order valence-electron chi connectivity index (χ3n) is 6.27. The van der Waals surface area contributed by atoms with E-state index >= 15 is 0 Å². The number of fused-ring (bicyclic) bond motifs is 1. The van der Waals surface area contributed by atoms with Gasteiger partial charge in [0, 0.05) is 0 Å². The third-order valence-corrected chi connectivity index (χ3v) is 6.27. The van der Waals surface area contributed by atoms with Gasteiger partial charge in [-0.1, -0.05) is 48.0 Å². The van der Waals surface area contributed by atoms with E-state index in [0.717, 1.165) is 28.2 Å². The van der Waals surface area contributed by atoms with E-state index in [-0.39, 0.29) is 5.56 Å². The molecule has 5 nitrogen and oxygen atoms in total. The third kappa shape index (κ3) is 3.54. The van der Waals surface area contributed by atoms with E-state index in [1.807, 2.05) is 13.0 Å². The smallest absolute Gasteiger partial charge is 0.273 e. The molecule has 2 fully saturated rings. The normalized spacial score (nSPS) is 22.4. The molecule has 0 unspecified atom stereocenters. The van der Waals surface area contributed by atoms with Gasteiger partial charge in [0.1, 0.15) is 5.92 Å². The molecule has 0 N–H and O–H groups in total. The van der Waals surface area contributed by atoms with Crippen LogP contribution in [0.5, 0.6) is 0 Å². The van der Waals surface area contributed by atoms with Crippen LogP contribution in [-0.2, 0) is 20.6 Å². The van der Waals surface area contributed by atoms with Crippen molar-refractivity contribution in [3.05, 3.63) is 95.1 Å². The van der Waals surface area contributed by atoms with Crippen molar-refractivity contribution in [2.24, 2.45) is 5.92 Å². The van der Waals surface area contributed by atoms with Crippen LogP contribution in [-0.4, -0.2) is 17.9 Å². The number of imide groups is 1. The maximum Gasteiger partial charge on any atom is 0.416 e. The highest BCUT2D eigenvalue weighted by Gasteiger charge is 2.60. The Morgan fingerprint density at radius 3 is 2.26 bits per heavy atom. The Labute approximate surface area is 194 Å². The lowest BCUT2D eigenvalue weighted by Crippen LogP contribution is -2.37. The van der Waals surface area contributed by atoms with E-state index in [4.69, 9.17) is 4.84 Å². The van der Waals surface area contributed by atoms with Crippen molar-refractivity contribution in [2.75, 3.05) is 9.96 Å². The first kappa shape index (κ1) is 22.2. The summed E-state index contributed by atoms with van der Waals surface area (Å²) in [5, 5.41) is 1.39. The van der Waals surface area contributed by atoms with Crippen molar-refractivity contribution in [3.8, 4) is 0 Å². The molecule has 34 heavy (non-hydrogen) atoms. The maximum absolute atomic E-state index is 13.7. The van der Waals surface area contributed by atoms with E-state index in [1.54, 1.807) is 49.4 Å². The minimum atomic E-state index is -4.55. The molecule has 3 aromatic carbocycles. The summed E-state index contributed by atoms with van der Waals surface area (Å²) in [5.74, 6) is -2.03. The van der Waals surface area contributed by atoms with Crippen LogP contribution < -0.4 is 9.96 Å². The van der Waals surface area contributed by atoms with Gasteiger partial charge in [-0.3, -0.25) is 14.4 Å². The zero-order valence-electron chi connectivity index (χ0n) is 18.4. The summed E-state index contributed by atoms with van der Waals surface area (Å²) in [6.45, 7) is 3.71. The molecule has 0 bridgehead atoms. The zero-order chi connectivity index (χ0) is 24.2. The summed E-state index contributed by atoms with van der Waals surface area (Å²) in [7, 11) is 0. The zero-order valence-corrected chi connectivity index (χ0v) is 18.4. The van der Waals surface area contributed by atoms with Crippen LogP contribution >= 0.6 is 0 Å². The number of nitrogens with zero attached hydrogens (tertiary/aromatic N) is 2. The first-order valence-corrected chi connectivity index (χ1v) is 10.8. The van der Waals surface area contributed by atoms with E-state index in [1.165, 1.54) is 17.2 Å². The lowest BCUT2D eigenvalue weighted by atomic mass is 9.89. The maximum atomic E-state index is 13.7. The SMILES string of the molecule is Cc1ccc(N2C(=O)[C@@H]3[C@H](ON(c4ccccc4)[C@H]3c3cccc(C(F)(F)F)c3)C2=O)c(C)c1. The van der Waals surface area contributed by atoms with Crippen molar-refractivity contribution in [3.63, 3.8) is 0 Å². The van der Waals surface area contributed by atoms with Crippen LogP contribution in [0.3, 0.4) is 0 Å². The average Bonchev–Trinajstić information content (AvgIpc) is 3.31. The Bertz CT molecular complexity index is 1280. The van der Waals surface area contributed by atoms with Crippen LogP contribution in [0.25, 0.3) is 0 Å². The Morgan fingerprint density at radius 2 is 1.59 bits per heavy atom. The number of alkyl halides is 3. The number of amides is 2. The molecule has 3 aromatic rings. The molecule has 2 amide bonds. The number of hydrogen-bond donors (Lipinski definition) is 0. The lowest BCUT2D eigenvalue weighted by molar-refractivity contribution is -0.137. The minimum Gasteiger partial charge on any atom is -0.273 e. The quantitative estimate of drug-likeness (QED) is 0.487. The number of aryl methyl sites for hydroxylation is 2. The summed E-state index contributed by atoms with van der Waals surface area (Å²) in [6, 6.07) is 18.0. The Balaban J connectivity index is 1.61. The Morgan fingerprint density at radius 1 is 0.853 bits per heavy atom.